The number of hydrogen-bond acceptors (Lipinski definition) is 2. The summed E-state index contributed by atoms with van der Waals surface area (Å²) in [5, 5.41) is 12.3. The lowest BCUT2D eigenvalue weighted by Crippen LogP contribution is -2.19. The molecule has 0 aromatic carbocycles. The molecule has 1 aliphatic rings. The van der Waals surface area contributed by atoms with Gasteiger partial charge in [-0.25, -0.2) is 0 Å². The summed E-state index contributed by atoms with van der Waals surface area (Å²) in [4.78, 5) is 10.7. The summed E-state index contributed by atoms with van der Waals surface area (Å²) < 4.78 is 38.9. The van der Waals surface area contributed by atoms with Gasteiger partial charge in [0.25, 0.3) is 0 Å². The Morgan fingerprint density at radius 2 is 2.22 bits per heavy atom. The van der Waals surface area contributed by atoms with Gasteiger partial charge >= 0.3 is 12.1 Å². The monoisotopic (exact) mass is 262 g/mol. The van der Waals surface area contributed by atoms with Crippen molar-refractivity contribution in [2.45, 2.75) is 38.4 Å². The summed E-state index contributed by atoms with van der Waals surface area (Å²) in [5.74, 6) is -1.71. The van der Waals surface area contributed by atoms with E-state index in [0.717, 1.165) is 18.9 Å². The van der Waals surface area contributed by atoms with Gasteiger partial charge < -0.3 is 5.11 Å². The zero-order valence-corrected chi connectivity index (χ0v) is 9.74. The minimum Gasteiger partial charge on any atom is -0.481 e. The van der Waals surface area contributed by atoms with Crippen molar-refractivity contribution in [3.05, 3.63) is 17.5 Å². The first-order valence-electron chi connectivity index (χ1n) is 5.66. The zero-order valence-electron chi connectivity index (χ0n) is 9.74. The van der Waals surface area contributed by atoms with Gasteiger partial charge in [0, 0.05) is 11.6 Å². The van der Waals surface area contributed by atoms with Crippen LogP contribution in [-0.4, -0.2) is 20.9 Å². The Balaban J connectivity index is 2.27. The number of nitrogens with zero attached hydrogens (tertiary/aromatic N) is 2. The lowest BCUT2D eigenvalue weighted by Gasteiger charge is -2.09. The predicted molar refractivity (Wildman–Crippen MR) is 56.0 cm³/mol. The molecule has 0 spiro atoms. The molecule has 0 unspecified atom stereocenters. The van der Waals surface area contributed by atoms with Gasteiger partial charge in [-0.3, -0.25) is 9.48 Å². The molecule has 0 aliphatic heterocycles. The van der Waals surface area contributed by atoms with Crippen molar-refractivity contribution < 1.29 is 23.1 Å². The highest BCUT2D eigenvalue weighted by atomic mass is 19.4. The Bertz CT molecular complexity index is 463. The van der Waals surface area contributed by atoms with Gasteiger partial charge in [0.2, 0.25) is 0 Å². The average molecular weight is 262 g/mol. The molecule has 1 aliphatic carbocycles. The van der Waals surface area contributed by atoms with Gasteiger partial charge in [-0.1, -0.05) is 6.92 Å². The van der Waals surface area contributed by atoms with Crippen LogP contribution < -0.4 is 0 Å². The molecule has 1 N–H and O–H groups in total. The maximum atomic E-state index is 12.6. The molecule has 100 valence electrons. The number of hydrogen-bond donors (Lipinski definition) is 1. The molecule has 0 amide bonds. The standard InChI is InChI=1S/C11H13F3N2O2/c1-6(10(17)18)5-16-8(7-2-3-7)4-9(15-16)11(12,13)14/h4,6-7H,2-3,5H2,1H3,(H,17,18)/t6-/m0/s1. The lowest BCUT2D eigenvalue weighted by molar-refractivity contribution is -0.141. The number of aliphatic carboxylic acids is 1. The van der Waals surface area contributed by atoms with E-state index in [1.807, 2.05) is 0 Å². The molecule has 7 heteroatoms. The Hall–Kier alpha value is -1.53. The number of carboxylic acid groups (broad SMARTS) is 1. The molecule has 1 aromatic rings. The second-order valence-corrected chi connectivity index (χ2v) is 4.65. The zero-order chi connectivity index (χ0) is 13.5. The van der Waals surface area contributed by atoms with Crippen molar-refractivity contribution in [2.75, 3.05) is 0 Å². The Kier molecular flexibility index (Phi) is 3.08. The SMILES string of the molecule is C[C@@H](Cn1nc(C(F)(F)F)cc1C1CC1)C(=O)O. The molecule has 0 radical (unpaired) electrons. The maximum Gasteiger partial charge on any atom is 0.435 e. The largest absolute Gasteiger partial charge is 0.481 e. The molecule has 0 bridgehead atoms. The van der Waals surface area contributed by atoms with Gasteiger partial charge in [-0.05, 0) is 18.9 Å². The third-order valence-corrected chi connectivity index (χ3v) is 2.97. The average Bonchev–Trinajstić information content (AvgIpc) is 2.98. The molecule has 1 saturated carbocycles. The van der Waals surface area contributed by atoms with Crippen molar-refractivity contribution in [3.63, 3.8) is 0 Å². The predicted octanol–water partition coefficient (Wildman–Crippen LogP) is 2.50. The van der Waals surface area contributed by atoms with E-state index >= 15 is 0 Å². The van der Waals surface area contributed by atoms with Crippen LogP contribution in [0.25, 0.3) is 0 Å². The van der Waals surface area contributed by atoms with E-state index in [1.165, 1.54) is 11.6 Å². The topological polar surface area (TPSA) is 55.1 Å². The first kappa shape index (κ1) is 12.9. The molecule has 0 saturated heterocycles. The summed E-state index contributed by atoms with van der Waals surface area (Å²) in [6.45, 7) is 1.42. The lowest BCUT2D eigenvalue weighted by atomic mass is 10.2. The molecule has 2 rings (SSSR count). The molecule has 1 fully saturated rings. The van der Waals surface area contributed by atoms with Gasteiger partial charge in [0.05, 0.1) is 12.5 Å². The fourth-order valence-electron chi connectivity index (χ4n) is 1.76. The quantitative estimate of drug-likeness (QED) is 0.907. The van der Waals surface area contributed by atoms with Crippen molar-refractivity contribution in [2.24, 2.45) is 5.92 Å². The van der Waals surface area contributed by atoms with Gasteiger partial charge in [0.15, 0.2) is 5.69 Å². The van der Waals surface area contributed by atoms with Crippen LogP contribution in [0.1, 0.15) is 37.1 Å². The van der Waals surface area contributed by atoms with Crippen LogP contribution in [0.15, 0.2) is 6.07 Å². The van der Waals surface area contributed by atoms with Gasteiger partial charge in [-0.2, -0.15) is 18.3 Å². The Morgan fingerprint density at radius 3 is 2.67 bits per heavy atom. The molecule has 1 atom stereocenters. The third kappa shape index (κ3) is 2.65. The number of carboxylic acids is 1. The molecule has 18 heavy (non-hydrogen) atoms. The van der Waals surface area contributed by atoms with Crippen LogP contribution in [0.5, 0.6) is 0 Å². The van der Waals surface area contributed by atoms with E-state index in [0.29, 0.717) is 5.69 Å². The maximum absolute atomic E-state index is 12.6. The number of carbonyl (C=O) groups is 1. The van der Waals surface area contributed by atoms with E-state index in [-0.39, 0.29) is 12.5 Å². The Morgan fingerprint density at radius 1 is 1.61 bits per heavy atom. The van der Waals surface area contributed by atoms with E-state index in [4.69, 9.17) is 5.11 Å². The van der Waals surface area contributed by atoms with Crippen LogP contribution in [0.2, 0.25) is 0 Å². The Labute approximate surface area is 101 Å². The van der Waals surface area contributed by atoms with E-state index in [2.05, 4.69) is 5.10 Å². The summed E-state index contributed by atoms with van der Waals surface area (Å²) in [6.07, 6.45) is -2.81. The highest BCUT2D eigenvalue weighted by molar-refractivity contribution is 5.69. The van der Waals surface area contributed by atoms with Crippen LogP contribution in [0.3, 0.4) is 0 Å². The fraction of sp³-hybridized carbons (Fsp3) is 0.636. The molecule has 4 nitrogen and oxygen atoms in total. The number of rotatable bonds is 4. The molecule has 1 heterocycles. The smallest absolute Gasteiger partial charge is 0.435 e. The summed E-state index contributed by atoms with van der Waals surface area (Å²) >= 11 is 0. The second-order valence-electron chi connectivity index (χ2n) is 4.65. The summed E-state index contributed by atoms with van der Waals surface area (Å²) in [5.41, 5.74) is -0.447. The van der Waals surface area contributed by atoms with Gasteiger partial charge in [-0.15, -0.1) is 0 Å². The van der Waals surface area contributed by atoms with Crippen LogP contribution in [0.4, 0.5) is 13.2 Å². The first-order valence-corrected chi connectivity index (χ1v) is 5.66. The van der Waals surface area contributed by atoms with Crippen LogP contribution >= 0.6 is 0 Å². The van der Waals surface area contributed by atoms with Crippen LogP contribution in [-0.2, 0) is 17.5 Å². The van der Waals surface area contributed by atoms with E-state index in [9.17, 15) is 18.0 Å². The normalized spacial score (nSPS) is 17.8. The minimum absolute atomic E-state index is 0.0305. The van der Waals surface area contributed by atoms with Crippen LogP contribution in [0, 0.1) is 5.92 Å². The van der Waals surface area contributed by atoms with Gasteiger partial charge in [0.1, 0.15) is 0 Å². The minimum atomic E-state index is -4.48. The highest BCUT2D eigenvalue weighted by Crippen LogP contribution is 2.42. The number of halogens is 3. The summed E-state index contributed by atoms with van der Waals surface area (Å²) in [6, 6.07) is 1.03. The van der Waals surface area contributed by atoms with Crippen molar-refractivity contribution in [1.29, 1.82) is 0 Å². The molecule has 1 aromatic heterocycles. The van der Waals surface area contributed by atoms with E-state index in [1.54, 1.807) is 0 Å². The number of aromatic nitrogens is 2. The first-order chi connectivity index (χ1) is 8.29. The second kappa shape index (κ2) is 4.29. The third-order valence-electron chi connectivity index (χ3n) is 2.97. The number of alkyl halides is 3. The van der Waals surface area contributed by atoms with Crippen molar-refractivity contribution in [1.82, 2.24) is 9.78 Å². The molecular formula is C11H13F3N2O2. The highest BCUT2D eigenvalue weighted by Gasteiger charge is 2.38. The van der Waals surface area contributed by atoms with E-state index < -0.39 is 23.8 Å². The fourth-order valence-corrected chi connectivity index (χ4v) is 1.76. The van der Waals surface area contributed by atoms with Crippen molar-refractivity contribution >= 4 is 5.97 Å². The summed E-state index contributed by atoms with van der Waals surface area (Å²) in [7, 11) is 0. The molecular weight excluding hydrogens is 249 g/mol. The van der Waals surface area contributed by atoms with Crippen molar-refractivity contribution in [3.8, 4) is 0 Å².